The summed E-state index contributed by atoms with van der Waals surface area (Å²) in [5.74, 6) is -0.790. The van der Waals surface area contributed by atoms with Gasteiger partial charge in [0.1, 0.15) is 12.2 Å². The summed E-state index contributed by atoms with van der Waals surface area (Å²) in [5, 5.41) is 0. The fourth-order valence-corrected chi connectivity index (χ4v) is 5.61. The monoisotopic (exact) mass is 452 g/mol. The van der Waals surface area contributed by atoms with Crippen molar-refractivity contribution in [2.24, 2.45) is 23.7 Å². The lowest BCUT2D eigenvalue weighted by Crippen LogP contribution is -2.40. The molecule has 3 aliphatic heterocycles. The van der Waals surface area contributed by atoms with Crippen molar-refractivity contribution >= 4 is 11.9 Å². The molecule has 32 heavy (non-hydrogen) atoms. The van der Waals surface area contributed by atoms with Crippen LogP contribution in [-0.4, -0.2) is 48.6 Å². The molecule has 0 radical (unpaired) electrons. The first-order valence-corrected chi connectivity index (χ1v) is 13.0. The molecule has 6 nitrogen and oxygen atoms in total. The van der Waals surface area contributed by atoms with Gasteiger partial charge in [0, 0.05) is 11.8 Å². The smallest absolute Gasteiger partial charge is 0.311 e. The van der Waals surface area contributed by atoms with Gasteiger partial charge in [0.05, 0.1) is 36.3 Å². The highest BCUT2D eigenvalue weighted by Gasteiger charge is 2.43. The molecular formula is C26H44O6. The fraction of sp³-hybridized carbons (Fsp3) is 0.923. The van der Waals surface area contributed by atoms with Crippen LogP contribution in [0.2, 0.25) is 0 Å². The number of rotatable bonds is 4. The number of fused-ring (bicyclic) bond motifs is 4. The van der Waals surface area contributed by atoms with Crippen molar-refractivity contribution in [1.29, 1.82) is 0 Å². The lowest BCUT2D eigenvalue weighted by atomic mass is 9.91. The number of hydrogen-bond acceptors (Lipinski definition) is 6. The molecule has 10 unspecified atom stereocenters. The Morgan fingerprint density at radius 3 is 1.31 bits per heavy atom. The lowest BCUT2D eigenvalue weighted by molar-refractivity contribution is -0.171. The summed E-state index contributed by atoms with van der Waals surface area (Å²) in [5.41, 5.74) is 0. The summed E-state index contributed by atoms with van der Waals surface area (Å²) >= 11 is 0. The third kappa shape index (κ3) is 5.67. The Kier molecular flexibility index (Phi) is 9.02. The Morgan fingerprint density at radius 2 is 0.969 bits per heavy atom. The minimum atomic E-state index is -0.309. The lowest BCUT2D eigenvalue weighted by Gasteiger charge is -2.33. The average molecular weight is 453 g/mol. The van der Waals surface area contributed by atoms with Crippen LogP contribution >= 0.6 is 0 Å². The molecule has 0 amide bonds. The molecule has 3 fully saturated rings. The van der Waals surface area contributed by atoms with Crippen LogP contribution in [0, 0.1) is 23.7 Å². The molecule has 3 heterocycles. The van der Waals surface area contributed by atoms with E-state index >= 15 is 0 Å². The Balaban J connectivity index is 1.85. The van der Waals surface area contributed by atoms with Crippen molar-refractivity contribution in [3.8, 4) is 0 Å². The maximum atomic E-state index is 13.1. The van der Waals surface area contributed by atoms with Crippen LogP contribution in [0.15, 0.2) is 0 Å². The summed E-state index contributed by atoms with van der Waals surface area (Å²) in [4.78, 5) is 26.1. The number of ether oxygens (including phenoxy) is 4. The topological polar surface area (TPSA) is 71.1 Å². The summed E-state index contributed by atoms with van der Waals surface area (Å²) in [6.07, 6.45) is 6.22. The van der Waals surface area contributed by atoms with E-state index in [4.69, 9.17) is 18.9 Å². The number of hydrogen-bond donors (Lipinski definition) is 0. The van der Waals surface area contributed by atoms with E-state index < -0.39 is 0 Å². The van der Waals surface area contributed by atoms with Crippen molar-refractivity contribution in [3.63, 3.8) is 0 Å². The molecule has 0 spiro atoms. The van der Waals surface area contributed by atoms with E-state index in [2.05, 4.69) is 27.7 Å². The van der Waals surface area contributed by atoms with Gasteiger partial charge in [-0.15, -0.1) is 0 Å². The minimum Gasteiger partial charge on any atom is -0.462 e. The molecule has 6 heteroatoms. The van der Waals surface area contributed by atoms with Crippen molar-refractivity contribution in [1.82, 2.24) is 0 Å². The van der Waals surface area contributed by atoms with Crippen molar-refractivity contribution in [3.05, 3.63) is 0 Å². The van der Waals surface area contributed by atoms with E-state index in [0.717, 1.165) is 51.4 Å². The third-order valence-corrected chi connectivity index (χ3v) is 8.06. The maximum Gasteiger partial charge on any atom is 0.311 e. The Hall–Kier alpha value is -1.14. The van der Waals surface area contributed by atoms with Crippen LogP contribution in [0.3, 0.4) is 0 Å². The van der Waals surface area contributed by atoms with Gasteiger partial charge in [-0.2, -0.15) is 0 Å². The third-order valence-electron chi connectivity index (χ3n) is 8.06. The molecule has 4 bridgehead atoms. The summed E-state index contributed by atoms with van der Waals surface area (Å²) in [7, 11) is 0. The highest BCUT2D eigenvalue weighted by molar-refractivity contribution is 5.73. The van der Waals surface area contributed by atoms with E-state index in [1.165, 1.54) is 0 Å². The normalized spacial score (nSPS) is 43.7. The number of cyclic esters (lactones) is 2. The van der Waals surface area contributed by atoms with Gasteiger partial charge in [0.15, 0.2) is 0 Å². The SMILES string of the molecule is CCCC1OC(=O)C(C)C2CCC(O2)C(C)C(CCC)OC(=O)C(C)C2CCC(O2)C1C. The van der Waals surface area contributed by atoms with Gasteiger partial charge in [-0.25, -0.2) is 0 Å². The predicted octanol–water partition coefficient (Wildman–Crippen LogP) is 5.06. The van der Waals surface area contributed by atoms with Crippen LogP contribution in [0.4, 0.5) is 0 Å². The first kappa shape index (κ1) is 25.5. The van der Waals surface area contributed by atoms with Gasteiger partial charge in [-0.1, -0.05) is 40.5 Å². The molecule has 3 rings (SSSR count). The van der Waals surface area contributed by atoms with Crippen LogP contribution in [-0.2, 0) is 28.5 Å². The maximum absolute atomic E-state index is 13.1. The van der Waals surface area contributed by atoms with E-state index in [1.54, 1.807) is 0 Å². The van der Waals surface area contributed by atoms with Gasteiger partial charge < -0.3 is 18.9 Å². The fourth-order valence-electron chi connectivity index (χ4n) is 5.61. The molecule has 0 aromatic heterocycles. The molecule has 0 N–H and O–H groups in total. The first-order chi connectivity index (χ1) is 15.3. The second-order valence-corrected chi connectivity index (χ2v) is 10.4. The Bertz CT molecular complexity index is 582. The van der Waals surface area contributed by atoms with E-state index in [0.29, 0.717) is 0 Å². The zero-order valence-electron chi connectivity index (χ0n) is 20.9. The first-order valence-electron chi connectivity index (χ1n) is 13.0. The van der Waals surface area contributed by atoms with E-state index in [1.807, 2.05) is 13.8 Å². The van der Waals surface area contributed by atoms with Gasteiger partial charge in [0.25, 0.3) is 0 Å². The van der Waals surface area contributed by atoms with Crippen molar-refractivity contribution in [2.75, 3.05) is 0 Å². The molecule has 10 atom stereocenters. The van der Waals surface area contributed by atoms with Crippen molar-refractivity contribution in [2.45, 2.75) is 130 Å². The van der Waals surface area contributed by atoms with E-state index in [9.17, 15) is 9.59 Å². The molecule has 0 saturated carbocycles. The molecule has 3 saturated heterocycles. The molecule has 3 aliphatic rings. The zero-order chi connectivity index (χ0) is 23.4. The molecule has 0 aromatic rings. The van der Waals surface area contributed by atoms with Gasteiger partial charge in [-0.05, 0) is 52.4 Å². The van der Waals surface area contributed by atoms with Gasteiger partial charge in [0.2, 0.25) is 0 Å². The number of carbonyl (C=O) groups excluding carboxylic acids is 2. The van der Waals surface area contributed by atoms with Crippen LogP contribution in [0.25, 0.3) is 0 Å². The summed E-state index contributed by atoms with van der Waals surface area (Å²) in [6.45, 7) is 12.3. The van der Waals surface area contributed by atoms with Crippen molar-refractivity contribution < 1.29 is 28.5 Å². The molecule has 184 valence electrons. The molecule has 0 aromatic carbocycles. The molecular weight excluding hydrogens is 408 g/mol. The quantitative estimate of drug-likeness (QED) is 0.555. The van der Waals surface area contributed by atoms with Gasteiger partial charge in [-0.3, -0.25) is 9.59 Å². The Morgan fingerprint density at radius 1 is 0.625 bits per heavy atom. The van der Waals surface area contributed by atoms with Gasteiger partial charge >= 0.3 is 11.9 Å². The standard InChI is InChI=1S/C26H44O6/c1-7-9-19-15(3)21-11-13-24(29-21)18(6)26(28)32-20(10-8-2)16(4)22-12-14-23(30-22)17(5)25(27)31-19/h15-24H,7-14H2,1-6H3. The van der Waals surface area contributed by atoms with Crippen LogP contribution < -0.4 is 0 Å². The number of esters is 2. The van der Waals surface area contributed by atoms with Crippen LogP contribution in [0.1, 0.15) is 92.9 Å². The van der Waals surface area contributed by atoms with Crippen LogP contribution in [0.5, 0.6) is 0 Å². The zero-order valence-corrected chi connectivity index (χ0v) is 20.9. The Labute approximate surface area is 194 Å². The predicted molar refractivity (Wildman–Crippen MR) is 122 cm³/mol. The average Bonchev–Trinajstić information content (AvgIpc) is 3.46. The largest absolute Gasteiger partial charge is 0.462 e. The second-order valence-electron chi connectivity index (χ2n) is 10.4. The number of carbonyl (C=O) groups is 2. The summed E-state index contributed by atoms with van der Waals surface area (Å²) in [6, 6.07) is 0. The highest BCUT2D eigenvalue weighted by Crippen LogP contribution is 2.37. The minimum absolute atomic E-state index is 0.0136. The van der Waals surface area contributed by atoms with E-state index in [-0.39, 0.29) is 72.2 Å². The molecule has 0 aliphatic carbocycles. The highest BCUT2D eigenvalue weighted by atomic mass is 16.6. The second kappa shape index (κ2) is 11.3. The summed E-state index contributed by atoms with van der Waals surface area (Å²) < 4.78 is 24.8.